The molecule has 0 spiro atoms. The summed E-state index contributed by atoms with van der Waals surface area (Å²) >= 11 is 4.95. The first-order valence-corrected chi connectivity index (χ1v) is 7.17. The smallest absolute Gasteiger partial charge is 0.114 e. The average Bonchev–Trinajstić information content (AvgIpc) is 2.84. The third-order valence-electron chi connectivity index (χ3n) is 2.87. The summed E-state index contributed by atoms with van der Waals surface area (Å²) in [7, 11) is 0. The molecule has 0 saturated heterocycles. The van der Waals surface area contributed by atoms with Crippen molar-refractivity contribution in [3.63, 3.8) is 0 Å². The molecule has 0 aliphatic carbocycles. The minimum absolute atomic E-state index is 0.603. The van der Waals surface area contributed by atoms with Crippen LogP contribution in [0.25, 0.3) is 10.8 Å². The lowest BCUT2D eigenvalue weighted by molar-refractivity contribution is 0.225. The van der Waals surface area contributed by atoms with Crippen LogP contribution in [0.1, 0.15) is 16.5 Å². The van der Waals surface area contributed by atoms with Crippen molar-refractivity contribution in [2.45, 2.75) is 6.10 Å². The number of aromatic nitrogens is 1. The Bertz CT molecular complexity index is 690. The van der Waals surface area contributed by atoms with Gasteiger partial charge in [0.1, 0.15) is 6.10 Å². The molecule has 3 rings (SSSR count). The van der Waals surface area contributed by atoms with E-state index >= 15 is 0 Å². The van der Waals surface area contributed by atoms with Crippen LogP contribution in [-0.2, 0) is 0 Å². The first-order chi connectivity index (χ1) is 8.75. The van der Waals surface area contributed by atoms with Gasteiger partial charge in [0.15, 0.2) is 0 Å². The topological polar surface area (TPSA) is 33.1 Å². The van der Waals surface area contributed by atoms with E-state index in [0.717, 1.165) is 25.7 Å². The Morgan fingerprint density at radius 2 is 2.17 bits per heavy atom. The monoisotopic (exact) mass is 319 g/mol. The highest BCUT2D eigenvalue weighted by Gasteiger charge is 2.15. The minimum atomic E-state index is -0.603. The molecule has 1 unspecified atom stereocenters. The zero-order chi connectivity index (χ0) is 12.5. The van der Waals surface area contributed by atoms with Crippen molar-refractivity contribution < 1.29 is 5.11 Å². The molecule has 0 amide bonds. The van der Waals surface area contributed by atoms with Gasteiger partial charge in [0.05, 0.1) is 0 Å². The van der Waals surface area contributed by atoms with Gasteiger partial charge in [0.2, 0.25) is 0 Å². The number of hydrogen-bond acceptors (Lipinski definition) is 3. The van der Waals surface area contributed by atoms with Crippen LogP contribution in [0.3, 0.4) is 0 Å². The van der Waals surface area contributed by atoms with E-state index in [-0.39, 0.29) is 0 Å². The van der Waals surface area contributed by atoms with E-state index in [4.69, 9.17) is 0 Å². The van der Waals surface area contributed by atoms with Gasteiger partial charge in [-0.25, -0.2) is 0 Å². The number of aliphatic hydroxyl groups excluding tert-OH is 1. The SMILES string of the molecule is OC(c1cc(Br)cs1)c1cccc2ccncc12. The summed E-state index contributed by atoms with van der Waals surface area (Å²) in [5.74, 6) is 0. The van der Waals surface area contributed by atoms with Crippen molar-refractivity contribution in [1.82, 2.24) is 4.98 Å². The van der Waals surface area contributed by atoms with E-state index in [0.29, 0.717) is 0 Å². The van der Waals surface area contributed by atoms with Crippen molar-refractivity contribution in [2.24, 2.45) is 0 Å². The van der Waals surface area contributed by atoms with Crippen LogP contribution in [0.5, 0.6) is 0 Å². The lowest BCUT2D eigenvalue weighted by atomic mass is 10.0. The lowest BCUT2D eigenvalue weighted by Gasteiger charge is -2.11. The molecule has 1 N–H and O–H groups in total. The lowest BCUT2D eigenvalue weighted by Crippen LogP contribution is -1.98. The average molecular weight is 320 g/mol. The molecule has 18 heavy (non-hydrogen) atoms. The van der Waals surface area contributed by atoms with Gasteiger partial charge in [-0.3, -0.25) is 4.98 Å². The molecule has 2 heterocycles. The van der Waals surface area contributed by atoms with E-state index in [2.05, 4.69) is 20.9 Å². The van der Waals surface area contributed by atoms with Crippen LogP contribution in [0.4, 0.5) is 0 Å². The number of nitrogens with zero attached hydrogens (tertiary/aromatic N) is 1. The fraction of sp³-hybridized carbons (Fsp3) is 0.0714. The van der Waals surface area contributed by atoms with Gasteiger partial charge in [-0.2, -0.15) is 0 Å². The third kappa shape index (κ3) is 2.07. The van der Waals surface area contributed by atoms with Crippen molar-refractivity contribution in [3.8, 4) is 0 Å². The third-order valence-corrected chi connectivity index (χ3v) is 4.62. The quantitative estimate of drug-likeness (QED) is 0.770. The Hall–Kier alpha value is -1.23. The molecular formula is C14H10BrNOS. The maximum atomic E-state index is 10.5. The zero-order valence-electron chi connectivity index (χ0n) is 9.38. The van der Waals surface area contributed by atoms with Gasteiger partial charge in [0, 0.05) is 32.5 Å². The number of benzene rings is 1. The number of aliphatic hydroxyl groups is 1. The van der Waals surface area contributed by atoms with Gasteiger partial charge in [0.25, 0.3) is 0 Å². The van der Waals surface area contributed by atoms with Crippen molar-refractivity contribution in [2.75, 3.05) is 0 Å². The Kier molecular flexibility index (Phi) is 3.16. The molecular weight excluding hydrogens is 310 g/mol. The summed E-state index contributed by atoms with van der Waals surface area (Å²) in [4.78, 5) is 5.07. The van der Waals surface area contributed by atoms with E-state index in [1.807, 2.05) is 35.7 Å². The van der Waals surface area contributed by atoms with Crippen LogP contribution in [0.2, 0.25) is 0 Å². The zero-order valence-corrected chi connectivity index (χ0v) is 11.8. The van der Waals surface area contributed by atoms with Crippen LogP contribution in [0, 0.1) is 0 Å². The molecule has 0 aliphatic heterocycles. The molecule has 2 nitrogen and oxygen atoms in total. The van der Waals surface area contributed by atoms with Gasteiger partial charge < -0.3 is 5.11 Å². The Morgan fingerprint density at radius 1 is 1.28 bits per heavy atom. The highest BCUT2D eigenvalue weighted by Crippen LogP contribution is 2.33. The first-order valence-electron chi connectivity index (χ1n) is 5.50. The maximum Gasteiger partial charge on any atom is 0.114 e. The second kappa shape index (κ2) is 4.80. The predicted octanol–water partition coefficient (Wildman–Crippen LogP) is 4.14. The van der Waals surface area contributed by atoms with Gasteiger partial charge in [-0.1, -0.05) is 18.2 Å². The van der Waals surface area contributed by atoms with Crippen molar-refractivity contribution in [3.05, 3.63) is 63.0 Å². The molecule has 0 radical (unpaired) electrons. The van der Waals surface area contributed by atoms with Crippen LogP contribution < -0.4 is 0 Å². The molecule has 90 valence electrons. The molecule has 2 aromatic heterocycles. The fourth-order valence-electron chi connectivity index (χ4n) is 2.00. The van der Waals surface area contributed by atoms with E-state index in [1.165, 1.54) is 0 Å². The second-order valence-corrected chi connectivity index (χ2v) is 5.87. The van der Waals surface area contributed by atoms with Gasteiger partial charge in [-0.15, -0.1) is 11.3 Å². The standard InChI is InChI=1S/C14H10BrNOS/c15-10-6-13(18-8-10)14(17)11-3-1-2-9-4-5-16-7-12(9)11/h1-8,14,17H. The van der Waals surface area contributed by atoms with E-state index in [1.54, 1.807) is 23.7 Å². The minimum Gasteiger partial charge on any atom is -0.383 e. The van der Waals surface area contributed by atoms with Gasteiger partial charge in [-0.05, 0) is 39.0 Å². The van der Waals surface area contributed by atoms with Crippen molar-refractivity contribution in [1.29, 1.82) is 0 Å². The number of pyridine rings is 1. The molecule has 0 saturated carbocycles. The number of rotatable bonds is 2. The summed E-state index contributed by atoms with van der Waals surface area (Å²) in [6, 6.07) is 9.84. The van der Waals surface area contributed by atoms with Gasteiger partial charge >= 0.3 is 0 Å². The van der Waals surface area contributed by atoms with Crippen LogP contribution in [0.15, 0.2) is 52.6 Å². The normalized spacial score (nSPS) is 12.8. The second-order valence-electron chi connectivity index (χ2n) is 4.01. The molecule has 3 aromatic rings. The van der Waals surface area contributed by atoms with Crippen LogP contribution >= 0.6 is 27.3 Å². The van der Waals surface area contributed by atoms with E-state index in [9.17, 15) is 5.11 Å². The molecule has 4 heteroatoms. The van der Waals surface area contributed by atoms with Crippen molar-refractivity contribution >= 4 is 38.0 Å². The van der Waals surface area contributed by atoms with Crippen LogP contribution in [-0.4, -0.2) is 10.1 Å². The first kappa shape index (κ1) is 11.8. The highest BCUT2D eigenvalue weighted by atomic mass is 79.9. The molecule has 1 aromatic carbocycles. The predicted molar refractivity (Wildman–Crippen MR) is 77.8 cm³/mol. The number of hydrogen-bond donors (Lipinski definition) is 1. The number of fused-ring (bicyclic) bond motifs is 1. The summed E-state index contributed by atoms with van der Waals surface area (Å²) in [5.41, 5.74) is 0.898. The molecule has 0 fully saturated rings. The largest absolute Gasteiger partial charge is 0.383 e. The highest BCUT2D eigenvalue weighted by molar-refractivity contribution is 9.10. The van der Waals surface area contributed by atoms with E-state index < -0.39 is 6.10 Å². The molecule has 0 bridgehead atoms. The summed E-state index contributed by atoms with van der Waals surface area (Å²) < 4.78 is 1.000. The number of halogens is 1. The Morgan fingerprint density at radius 3 is 2.94 bits per heavy atom. The summed E-state index contributed by atoms with van der Waals surface area (Å²) in [6.45, 7) is 0. The summed E-state index contributed by atoms with van der Waals surface area (Å²) in [6.07, 6.45) is 2.96. The maximum absolute atomic E-state index is 10.5. The molecule has 0 aliphatic rings. The molecule has 1 atom stereocenters. The Labute approximate surface area is 117 Å². The Balaban J connectivity index is 2.14. The fourth-order valence-corrected chi connectivity index (χ4v) is 3.45. The summed E-state index contributed by atoms with van der Waals surface area (Å²) in [5, 5.41) is 14.5. The number of thiophene rings is 1.